The SMILES string of the molecule is O=C(c1ccc(Br)cc1)N1CCN=C1SCc1ccccc1F. The van der Waals surface area contributed by atoms with Crippen LogP contribution in [0.5, 0.6) is 0 Å². The largest absolute Gasteiger partial charge is 0.286 e. The van der Waals surface area contributed by atoms with Crippen molar-refractivity contribution < 1.29 is 9.18 Å². The summed E-state index contributed by atoms with van der Waals surface area (Å²) in [4.78, 5) is 18.6. The predicted molar refractivity (Wildman–Crippen MR) is 95.2 cm³/mol. The van der Waals surface area contributed by atoms with Gasteiger partial charge in [0.1, 0.15) is 5.82 Å². The molecule has 0 bridgehead atoms. The first-order valence-electron chi connectivity index (χ1n) is 7.13. The van der Waals surface area contributed by atoms with Crippen LogP contribution in [-0.2, 0) is 5.75 Å². The second-order valence-corrected chi connectivity index (χ2v) is 6.87. The van der Waals surface area contributed by atoms with Crippen molar-refractivity contribution in [1.82, 2.24) is 4.90 Å². The minimum Gasteiger partial charge on any atom is -0.286 e. The number of rotatable bonds is 3. The average Bonchev–Trinajstić information content (AvgIpc) is 3.02. The molecule has 0 unspecified atom stereocenters. The smallest absolute Gasteiger partial charge is 0.259 e. The number of carbonyl (C=O) groups excluding carboxylic acids is 1. The van der Waals surface area contributed by atoms with Gasteiger partial charge in [0.2, 0.25) is 0 Å². The highest BCUT2D eigenvalue weighted by molar-refractivity contribution is 9.10. The van der Waals surface area contributed by atoms with Gasteiger partial charge in [-0.05, 0) is 35.9 Å². The van der Waals surface area contributed by atoms with E-state index in [1.165, 1.54) is 17.8 Å². The highest BCUT2D eigenvalue weighted by Crippen LogP contribution is 2.23. The van der Waals surface area contributed by atoms with E-state index in [4.69, 9.17) is 0 Å². The van der Waals surface area contributed by atoms with Gasteiger partial charge in [-0.3, -0.25) is 14.7 Å². The van der Waals surface area contributed by atoms with Crippen molar-refractivity contribution in [2.75, 3.05) is 13.1 Å². The van der Waals surface area contributed by atoms with Gasteiger partial charge in [-0.15, -0.1) is 0 Å². The van der Waals surface area contributed by atoms with Gasteiger partial charge < -0.3 is 0 Å². The van der Waals surface area contributed by atoms with Crippen molar-refractivity contribution in [2.24, 2.45) is 4.99 Å². The summed E-state index contributed by atoms with van der Waals surface area (Å²) in [6.45, 7) is 1.15. The van der Waals surface area contributed by atoms with E-state index >= 15 is 0 Å². The fourth-order valence-electron chi connectivity index (χ4n) is 2.24. The number of aliphatic imine (C=N–C) groups is 1. The maximum Gasteiger partial charge on any atom is 0.259 e. The fourth-order valence-corrected chi connectivity index (χ4v) is 3.54. The summed E-state index contributed by atoms with van der Waals surface area (Å²) in [7, 11) is 0. The first-order chi connectivity index (χ1) is 11.1. The van der Waals surface area contributed by atoms with Gasteiger partial charge in [-0.1, -0.05) is 45.9 Å². The maximum atomic E-state index is 13.7. The highest BCUT2D eigenvalue weighted by Gasteiger charge is 2.25. The molecule has 2 aromatic carbocycles. The molecule has 1 heterocycles. The molecule has 118 valence electrons. The average molecular weight is 393 g/mol. The highest BCUT2D eigenvalue weighted by atomic mass is 79.9. The van der Waals surface area contributed by atoms with Crippen LogP contribution in [0.1, 0.15) is 15.9 Å². The fraction of sp³-hybridized carbons (Fsp3) is 0.176. The van der Waals surface area contributed by atoms with E-state index in [-0.39, 0.29) is 11.7 Å². The van der Waals surface area contributed by atoms with Gasteiger partial charge in [0.25, 0.3) is 5.91 Å². The van der Waals surface area contributed by atoms with Gasteiger partial charge in [0.15, 0.2) is 5.17 Å². The minimum absolute atomic E-state index is 0.0743. The Morgan fingerprint density at radius 2 is 1.96 bits per heavy atom. The molecule has 23 heavy (non-hydrogen) atoms. The van der Waals surface area contributed by atoms with Gasteiger partial charge in [0.05, 0.1) is 6.54 Å². The second kappa shape index (κ2) is 7.27. The van der Waals surface area contributed by atoms with Crippen LogP contribution in [0, 0.1) is 5.82 Å². The molecule has 1 amide bonds. The van der Waals surface area contributed by atoms with Gasteiger partial charge >= 0.3 is 0 Å². The first kappa shape index (κ1) is 16.2. The number of benzene rings is 2. The molecular weight excluding hydrogens is 379 g/mol. The number of thioether (sulfide) groups is 1. The normalized spacial score (nSPS) is 14.0. The quantitative estimate of drug-likeness (QED) is 0.778. The number of carbonyl (C=O) groups is 1. The van der Waals surface area contributed by atoms with E-state index in [0.29, 0.717) is 35.1 Å². The molecule has 0 aliphatic carbocycles. The number of nitrogens with zero attached hydrogens (tertiary/aromatic N) is 2. The lowest BCUT2D eigenvalue weighted by Gasteiger charge is -2.18. The summed E-state index contributed by atoms with van der Waals surface area (Å²) in [6, 6.07) is 13.9. The molecule has 0 aromatic heterocycles. The topological polar surface area (TPSA) is 32.7 Å². The summed E-state index contributed by atoms with van der Waals surface area (Å²) in [5.41, 5.74) is 1.23. The molecule has 0 radical (unpaired) electrons. The van der Waals surface area contributed by atoms with Crippen molar-refractivity contribution in [3.8, 4) is 0 Å². The zero-order valence-corrected chi connectivity index (χ0v) is 14.6. The predicted octanol–water partition coefficient (Wildman–Crippen LogP) is 4.33. The van der Waals surface area contributed by atoms with Crippen molar-refractivity contribution in [1.29, 1.82) is 0 Å². The van der Waals surface area contributed by atoms with E-state index in [2.05, 4.69) is 20.9 Å². The summed E-state index contributed by atoms with van der Waals surface area (Å²) < 4.78 is 14.6. The summed E-state index contributed by atoms with van der Waals surface area (Å²) in [6.07, 6.45) is 0. The lowest BCUT2D eigenvalue weighted by Crippen LogP contribution is -2.32. The Morgan fingerprint density at radius 3 is 2.70 bits per heavy atom. The van der Waals surface area contributed by atoms with Crippen LogP contribution in [0.4, 0.5) is 4.39 Å². The molecule has 0 N–H and O–H groups in total. The van der Waals surface area contributed by atoms with Gasteiger partial charge in [0, 0.05) is 22.3 Å². The van der Waals surface area contributed by atoms with Crippen LogP contribution in [0.15, 0.2) is 58.0 Å². The van der Waals surface area contributed by atoms with Crippen molar-refractivity contribution in [3.05, 3.63) is 69.9 Å². The standard InChI is InChI=1S/C17H14BrFN2OS/c18-14-7-5-12(6-8-14)16(22)21-10-9-20-17(21)23-11-13-3-1-2-4-15(13)19/h1-8H,9-11H2. The van der Waals surface area contributed by atoms with E-state index in [0.717, 1.165) is 4.47 Å². The first-order valence-corrected chi connectivity index (χ1v) is 8.91. The number of hydrogen-bond acceptors (Lipinski definition) is 3. The molecule has 6 heteroatoms. The summed E-state index contributed by atoms with van der Waals surface area (Å²) in [5.74, 6) is 0.148. The summed E-state index contributed by atoms with van der Waals surface area (Å²) in [5, 5.41) is 0.654. The van der Waals surface area contributed by atoms with Gasteiger partial charge in [-0.25, -0.2) is 4.39 Å². The molecule has 0 fully saturated rings. The molecule has 3 nitrogen and oxygen atoms in total. The third-order valence-corrected chi connectivity index (χ3v) is 5.04. The van der Waals surface area contributed by atoms with Crippen LogP contribution >= 0.6 is 27.7 Å². The Balaban J connectivity index is 1.69. The Bertz CT molecular complexity index is 749. The summed E-state index contributed by atoms with van der Waals surface area (Å²) >= 11 is 4.75. The van der Waals surface area contributed by atoms with Gasteiger partial charge in [-0.2, -0.15) is 0 Å². The lowest BCUT2D eigenvalue weighted by atomic mass is 10.2. The number of halogens is 2. The molecule has 1 aliphatic rings. The van der Waals surface area contributed by atoms with Crippen LogP contribution < -0.4 is 0 Å². The number of amidine groups is 1. The Labute approximate surface area is 146 Å². The minimum atomic E-state index is -0.232. The van der Waals surface area contributed by atoms with E-state index in [1.54, 1.807) is 35.2 Å². The van der Waals surface area contributed by atoms with E-state index < -0.39 is 0 Å². The van der Waals surface area contributed by atoms with Crippen molar-refractivity contribution >= 4 is 38.8 Å². The molecule has 0 saturated carbocycles. The second-order valence-electron chi connectivity index (χ2n) is 5.01. The third-order valence-electron chi connectivity index (χ3n) is 3.45. The third kappa shape index (κ3) is 3.82. The van der Waals surface area contributed by atoms with E-state index in [1.807, 2.05) is 12.1 Å². The van der Waals surface area contributed by atoms with Crippen LogP contribution in [0.25, 0.3) is 0 Å². The monoisotopic (exact) mass is 392 g/mol. The molecule has 0 saturated heterocycles. The van der Waals surface area contributed by atoms with Crippen LogP contribution in [0.2, 0.25) is 0 Å². The maximum absolute atomic E-state index is 13.7. The molecule has 0 atom stereocenters. The zero-order chi connectivity index (χ0) is 16.2. The van der Waals surface area contributed by atoms with Crippen molar-refractivity contribution in [2.45, 2.75) is 5.75 Å². The Kier molecular flexibility index (Phi) is 5.13. The molecule has 2 aromatic rings. The molecule has 0 spiro atoms. The van der Waals surface area contributed by atoms with Crippen LogP contribution in [0.3, 0.4) is 0 Å². The Morgan fingerprint density at radius 1 is 1.22 bits per heavy atom. The Hall–Kier alpha value is -1.66. The molecule has 1 aliphatic heterocycles. The number of hydrogen-bond donors (Lipinski definition) is 0. The van der Waals surface area contributed by atoms with Crippen molar-refractivity contribution in [3.63, 3.8) is 0 Å². The lowest BCUT2D eigenvalue weighted by molar-refractivity contribution is 0.0860. The van der Waals surface area contributed by atoms with Crippen LogP contribution in [-0.4, -0.2) is 29.1 Å². The molecular formula is C17H14BrFN2OS. The molecule has 3 rings (SSSR count). The van der Waals surface area contributed by atoms with E-state index in [9.17, 15) is 9.18 Å². The number of amides is 1. The zero-order valence-electron chi connectivity index (χ0n) is 12.2.